The van der Waals surface area contributed by atoms with Crippen molar-refractivity contribution in [2.45, 2.75) is 46.5 Å². The van der Waals surface area contributed by atoms with Gasteiger partial charge >= 0.3 is 0 Å². The first-order chi connectivity index (χ1) is 11.5. The number of fused-ring (bicyclic) bond motifs is 1. The van der Waals surface area contributed by atoms with Crippen molar-refractivity contribution in [3.05, 3.63) is 40.1 Å². The third kappa shape index (κ3) is 2.75. The Morgan fingerprint density at radius 1 is 1.12 bits per heavy atom. The molecule has 2 nitrogen and oxygen atoms in total. The lowest BCUT2D eigenvalue weighted by molar-refractivity contribution is -0.117. The van der Waals surface area contributed by atoms with Crippen molar-refractivity contribution in [2.75, 3.05) is 12.4 Å². The number of ketones is 1. The molecule has 0 N–H and O–H groups in total. The van der Waals surface area contributed by atoms with Gasteiger partial charge in [0, 0.05) is 17.2 Å². The molecule has 0 aliphatic heterocycles. The molecular formula is C21H27BrO2. The molecule has 0 aromatic heterocycles. The van der Waals surface area contributed by atoms with E-state index < -0.39 is 0 Å². The second-order valence-corrected chi connectivity index (χ2v) is 7.83. The maximum atomic E-state index is 13.3. The Balaban J connectivity index is 2.17. The highest BCUT2D eigenvalue weighted by atomic mass is 79.9. The van der Waals surface area contributed by atoms with Gasteiger partial charge in [-0.15, -0.1) is 0 Å². The topological polar surface area (TPSA) is 26.3 Å². The van der Waals surface area contributed by atoms with Gasteiger partial charge in [0.15, 0.2) is 5.78 Å². The van der Waals surface area contributed by atoms with Crippen LogP contribution in [0.15, 0.2) is 17.9 Å². The van der Waals surface area contributed by atoms with Gasteiger partial charge in [0.2, 0.25) is 0 Å². The van der Waals surface area contributed by atoms with Crippen LogP contribution in [-0.2, 0) is 22.4 Å². The zero-order valence-electron chi connectivity index (χ0n) is 15.1. The van der Waals surface area contributed by atoms with Crippen LogP contribution in [0.25, 0.3) is 5.57 Å². The first-order valence-corrected chi connectivity index (χ1v) is 10.2. The lowest BCUT2D eigenvalue weighted by atomic mass is 9.87. The second kappa shape index (κ2) is 7.03. The molecule has 3 rings (SSSR count). The molecule has 0 heterocycles. The zero-order chi connectivity index (χ0) is 17.4. The summed E-state index contributed by atoms with van der Waals surface area (Å²) < 4.78 is 5.83. The van der Waals surface area contributed by atoms with Crippen LogP contribution < -0.4 is 0 Å². The van der Waals surface area contributed by atoms with Gasteiger partial charge in [-0.2, -0.15) is 0 Å². The van der Waals surface area contributed by atoms with Gasteiger partial charge < -0.3 is 4.74 Å². The molecule has 1 aromatic rings. The molecule has 1 fully saturated rings. The third-order valence-corrected chi connectivity index (χ3v) is 6.64. The quantitative estimate of drug-likeness (QED) is 0.653. The summed E-state index contributed by atoms with van der Waals surface area (Å²) in [5.74, 6) is 2.24. The van der Waals surface area contributed by atoms with Gasteiger partial charge in [-0.3, -0.25) is 4.79 Å². The highest BCUT2D eigenvalue weighted by Crippen LogP contribution is 2.51. The Kier molecular flexibility index (Phi) is 5.19. The van der Waals surface area contributed by atoms with Crippen LogP contribution in [-0.4, -0.2) is 18.2 Å². The molecule has 0 bridgehead atoms. The molecule has 2 aliphatic carbocycles. The molecule has 0 saturated heterocycles. The largest absolute Gasteiger partial charge is 0.500 e. The van der Waals surface area contributed by atoms with Crippen LogP contribution in [0.3, 0.4) is 0 Å². The molecule has 130 valence electrons. The van der Waals surface area contributed by atoms with Gasteiger partial charge in [-0.1, -0.05) is 47.5 Å². The Morgan fingerprint density at radius 3 is 2.21 bits per heavy atom. The second-order valence-electron chi connectivity index (χ2n) is 7.18. The first-order valence-electron chi connectivity index (χ1n) is 9.06. The van der Waals surface area contributed by atoms with Crippen molar-refractivity contribution < 1.29 is 9.53 Å². The number of ether oxygens (including phenoxy) is 1. The Bertz CT molecular complexity index is 664. The Labute approximate surface area is 153 Å². The average Bonchev–Trinajstić information content (AvgIpc) is 3.12. The van der Waals surface area contributed by atoms with E-state index >= 15 is 0 Å². The molecule has 3 unspecified atom stereocenters. The number of Topliss-reactive ketones (excluding diaryl/α,β-unsaturated/α-hetero) is 1. The van der Waals surface area contributed by atoms with Gasteiger partial charge in [-0.25, -0.2) is 0 Å². The summed E-state index contributed by atoms with van der Waals surface area (Å²) in [6, 6.07) is 4.47. The lowest BCUT2D eigenvalue weighted by Crippen LogP contribution is -2.13. The average molecular weight is 391 g/mol. The minimum absolute atomic E-state index is 0.119. The van der Waals surface area contributed by atoms with E-state index in [0.717, 1.165) is 47.9 Å². The standard InChI is InChI=1S/C21H27BrO2/c1-5-14-7-12(3)8-15(6-2)18(14)19-20(23)16-9-13(11-22)10-17(16)21(19)24-4/h7-8,13,16-17H,5-6,9-11H2,1-4H3. The van der Waals surface area contributed by atoms with Crippen LogP contribution in [0.5, 0.6) is 0 Å². The first kappa shape index (κ1) is 17.7. The molecule has 3 heteroatoms. The van der Waals surface area contributed by atoms with Gasteiger partial charge in [0.25, 0.3) is 0 Å². The fourth-order valence-corrected chi connectivity index (χ4v) is 5.19. The van der Waals surface area contributed by atoms with Gasteiger partial charge in [0.05, 0.1) is 12.7 Å². The van der Waals surface area contributed by atoms with E-state index in [0.29, 0.717) is 11.7 Å². The van der Waals surface area contributed by atoms with E-state index in [9.17, 15) is 4.79 Å². The highest BCUT2D eigenvalue weighted by molar-refractivity contribution is 9.09. The van der Waals surface area contributed by atoms with E-state index in [-0.39, 0.29) is 11.8 Å². The van der Waals surface area contributed by atoms with Crippen molar-refractivity contribution in [3.63, 3.8) is 0 Å². The number of aryl methyl sites for hydroxylation is 3. The number of rotatable bonds is 5. The lowest BCUT2D eigenvalue weighted by Gasteiger charge is -2.18. The predicted octanol–water partition coefficient (Wildman–Crippen LogP) is 5.10. The van der Waals surface area contributed by atoms with Crippen LogP contribution in [0.4, 0.5) is 0 Å². The Morgan fingerprint density at radius 2 is 1.71 bits per heavy atom. The van der Waals surface area contributed by atoms with Crippen molar-refractivity contribution >= 4 is 27.3 Å². The molecule has 1 aromatic carbocycles. The smallest absolute Gasteiger partial charge is 0.170 e. The molecule has 24 heavy (non-hydrogen) atoms. The summed E-state index contributed by atoms with van der Waals surface area (Å²) in [5, 5.41) is 0.977. The van der Waals surface area contributed by atoms with E-state index in [2.05, 4.69) is 48.8 Å². The number of hydrogen-bond donors (Lipinski definition) is 0. The molecule has 0 amide bonds. The number of benzene rings is 1. The summed E-state index contributed by atoms with van der Waals surface area (Å²) in [7, 11) is 1.73. The molecule has 3 atom stereocenters. The van der Waals surface area contributed by atoms with Crippen molar-refractivity contribution in [2.24, 2.45) is 17.8 Å². The minimum atomic E-state index is 0.119. The molecular weight excluding hydrogens is 364 g/mol. The summed E-state index contributed by atoms with van der Waals surface area (Å²) in [4.78, 5) is 13.3. The summed E-state index contributed by atoms with van der Waals surface area (Å²) in [5.41, 5.74) is 5.88. The van der Waals surface area contributed by atoms with Gasteiger partial charge in [-0.05, 0) is 55.2 Å². The third-order valence-electron chi connectivity index (χ3n) is 5.72. The van der Waals surface area contributed by atoms with Crippen molar-refractivity contribution in [3.8, 4) is 0 Å². The van der Waals surface area contributed by atoms with Crippen molar-refractivity contribution in [1.29, 1.82) is 0 Å². The van der Waals surface area contributed by atoms with Crippen LogP contribution in [0.1, 0.15) is 48.9 Å². The summed E-state index contributed by atoms with van der Waals surface area (Å²) >= 11 is 3.59. The fourth-order valence-electron chi connectivity index (χ4n) is 4.66. The minimum Gasteiger partial charge on any atom is -0.500 e. The van der Waals surface area contributed by atoms with Crippen LogP contribution in [0, 0.1) is 24.7 Å². The molecule has 2 aliphatic rings. The number of alkyl halides is 1. The van der Waals surface area contributed by atoms with E-state index in [1.165, 1.54) is 16.7 Å². The molecule has 1 saturated carbocycles. The monoisotopic (exact) mass is 390 g/mol. The number of carbonyl (C=O) groups is 1. The molecule has 0 radical (unpaired) electrons. The molecule has 0 spiro atoms. The van der Waals surface area contributed by atoms with Crippen molar-refractivity contribution in [1.82, 2.24) is 0 Å². The summed E-state index contributed by atoms with van der Waals surface area (Å²) in [6.07, 6.45) is 3.93. The Hall–Kier alpha value is -1.09. The van der Waals surface area contributed by atoms with E-state index in [4.69, 9.17) is 4.74 Å². The normalized spacial score (nSPS) is 26.2. The summed E-state index contributed by atoms with van der Waals surface area (Å²) in [6.45, 7) is 6.48. The van der Waals surface area contributed by atoms with Crippen LogP contribution in [0.2, 0.25) is 0 Å². The number of carbonyl (C=O) groups excluding carboxylic acids is 1. The number of hydrogen-bond acceptors (Lipinski definition) is 2. The van der Waals surface area contributed by atoms with E-state index in [1.54, 1.807) is 7.11 Å². The predicted molar refractivity (Wildman–Crippen MR) is 102 cm³/mol. The number of methoxy groups -OCH3 is 1. The highest BCUT2D eigenvalue weighted by Gasteiger charge is 2.49. The SMILES string of the molecule is CCc1cc(C)cc(CC)c1C1=C(OC)C2CC(CBr)CC2C1=O. The maximum Gasteiger partial charge on any atom is 0.170 e. The van der Waals surface area contributed by atoms with E-state index in [1.807, 2.05) is 0 Å². The fraction of sp³-hybridized carbons (Fsp3) is 0.571. The van der Waals surface area contributed by atoms with Gasteiger partial charge in [0.1, 0.15) is 5.76 Å². The number of halogens is 1. The maximum absolute atomic E-state index is 13.3. The van der Waals surface area contributed by atoms with Crippen LogP contribution >= 0.6 is 15.9 Å². The number of allylic oxidation sites excluding steroid dienone is 2. The zero-order valence-corrected chi connectivity index (χ0v) is 16.7.